The number of benzene rings is 2. The minimum atomic E-state index is -0.463. The Balaban J connectivity index is 2.12. The van der Waals surface area contributed by atoms with Crippen molar-refractivity contribution >= 4 is 0 Å². The lowest BCUT2D eigenvalue weighted by atomic mass is 10.2. The quantitative estimate of drug-likeness (QED) is 0.783. The van der Waals surface area contributed by atoms with Crippen LogP contribution in [0, 0.1) is 18.6 Å². The van der Waals surface area contributed by atoms with E-state index in [1.54, 1.807) is 6.07 Å². The fraction of sp³-hybridized carbons (Fsp3) is 0.143. The number of ether oxygens (including phenoxy) is 1. The van der Waals surface area contributed by atoms with Gasteiger partial charge in [0.1, 0.15) is 24.0 Å². The van der Waals surface area contributed by atoms with Crippen molar-refractivity contribution in [2.75, 3.05) is 0 Å². The fourth-order valence-corrected chi connectivity index (χ4v) is 1.53. The maximum atomic E-state index is 13.3. The first-order valence-electron chi connectivity index (χ1n) is 5.29. The van der Waals surface area contributed by atoms with Gasteiger partial charge in [-0.25, -0.2) is 8.78 Å². The molecule has 0 radical (unpaired) electrons. The number of hydrogen-bond donors (Lipinski definition) is 0. The van der Waals surface area contributed by atoms with Crippen LogP contribution in [0.1, 0.15) is 11.1 Å². The minimum Gasteiger partial charge on any atom is -0.489 e. The predicted octanol–water partition coefficient (Wildman–Crippen LogP) is 3.85. The van der Waals surface area contributed by atoms with E-state index in [0.717, 1.165) is 23.8 Å². The lowest BCUT2D eigenvalue weighted by Gasteiger charge is -2.09. The Labute approximate surface area is 98.7 Å². The van der Waals surface area contributed by atoms with Gasteiger partial charge in [0, 0.05) is 5.56 Å². The van der Waals surface area contributed by atoms with E-state index in [4.69, 9.17) is 4.74 Å². The second kappa shape index (κ2) is 4.95. The molecule has 3 heteroatoms. The Morgan fingerprint density at radius 1 is 1.06 bits per heavy atom. The largest absolute Gasteiger partial charge is 0.489 e. The second-order valence-electron chi connectivity index (χ2n) is 3.79. The van der Waals surface area contributed by atoms with Crippen LogP contribution in [0.4, 0.5) is 8.78 Å². The third kappa shape index (κ3) is 2.81. The molecule has 0 amide bonds. The number of para-hydroxylation sites is 1. The van der Waals surface area contributed by atoms with Gasteiger partial charge in [-0.3, -0.25) is 0 Å². The van der Waals surface area contributed by atoms with Crippen LogP contribution in [0.15, 0.2) is 42.5 Å². The molecule has 0 fully saturated rings. The van der Waals surface area contributed by atoms with Gasteiger partial charge in [0.2, 0.25) is 0 Å². The van der Waals surface area contributed by atoms with Gasteiger partial charge in [0.25, 0.3) is 0 Å². The number of hydrogen-bond acceptors (Lipinski definition) is 1. The van der Waals surface area contributed by atoms with Crippen molar-refractivity contribution in [3.05, 3.63) is 65.2 Å². The highest BCUT2D eigenvalue weighted by atomic mass is 19.1. The van der Waals surface area contributed by atoms with Crippen LogP contribution in [-0.2, 0) is 6.61 Å². The molecule has 17 heavy (non-hydrogen) atoms. The summed E-state index contributed by atoms with van der Waals surface area (Å²) in [4.78, 5) is 0. The van der Waals surface area contributed by atoms with Crippen LogP contribution in [0.25, 0.3) is 0 Å². The van der Waals surface area contributed by atoms with Crippen LogP contribution in [0.3, 0.4) is 0 Å². The van der Waals surface area contributed by atoms with Crippen LogP contribution in [0.5, 0.6) is 5.75 Å². The molecule has 0 atom stereocenters. The summed E-state index contributed by atoms with van der Waals surface area (Å²) in [5.74, 6) is -0.245. The first-order chi connectivity index (χ1) is 8.16. The van der Waals surface area contributed by atoms with E-state index in [2.05, 4.69) is 0 Å². The van der Waals surface area contributed by atoms with E-state index in [1.807, 2.05) is 25.1 Å². The number of rotatable bonds is 3. The van der Waals surface area contributed by atoms with Crippen LogP contribution < -0.4 is 4.74 Å². The summed E-state index contributed by atoms with van der Waals surface area (Å²) in [6.45, 7) is 1.92. The molecule has 0 aliphatic carbocycles. The summed E-state index contributed by atoms with van der Waals surface area (Å²) in [5.41, 5.74) is 1.18. The summed E-state index contributed by atoms with van der Waals surface area (Å²) in [6, 6.07) is 10.8. The van der Waals surface area contributed by atoms with Gasteiger partial charge in [-0.05, 0) is 36.8 Å². The average molecular weight is 234 g/mol. The Kier molecular flexibility index (Phi) is 3.38. The summed E-state index contributed by atoms with van der Waals surface area (Å²) in [6.07, 6.45) is 0. The van der Waals surface area contributed by atoms with E-state index < -0.39 is 11.6 Å². The highest BCUT2D eigenvalue weighted by Gasteiger charge is 2.05. The van der Waals surface area contributed by atoms with Gasteiger partial charge in [-0.15, -0.1) is 0 Å². The highest BCUT2D eigenvalue weighted by molar-refractivity contribution is 5.32. The van der Waals surface area contributed by atoms with E-state index in [1.165, 1.54) is 0 Å². The summed E-state index contributed by atoms with van der Waals surface area (Å²) < 4.78 is 31.7. The molecule has 0 saturated carbocycles. The first kappa shape index (κ1) is 11.6. The third-order valence-corrected chi connectivity index (χ3v) is 2.48. The number of halogens is 2. The molecule has 2 aromatic carbocycles. The smallest absolute Gasteiger partial charge is 0.130 e. The lowest BCUT2D eigenvalue weighted by Crippen LogP contribution is -2.00. The zero-order chi connectivity index (χ0) is 12.3. The van der Waals surface area contributed by atoms with Crippen LogP contribution in [-0.4, -0.2) is 0 Å². The molecule has 1 nitrogen and oxygen atoms in total. The van der Waals surface area contributed by atoms with E-state index in [9.17, 15) is 8.78 Å². The maximum absolute atomic E-state index is 13.3. The zero-order valence-electron chi connectivity index (χ0n) is 9.41. The molecule has 0 bridgehead atoms. The summed E-state index contributed by atoms with van der Waals surface area (Å²) in [7, 11) is 0. The molecule has 0 aromatic heterocycles. The molecule has 0 unspecified atom stereocenters. The maximum Gasteiger partial charge on any atom is 0.130 e. The molecule has 2 aromatic rings. The van der Waals surface area contributed by atoms with Crippen molar-refractivity contribution in [1.29, 1.82) is 0 Å². The fourth-order valence-electron chi connectivity index (χ4n) is 1.53. The highest BCUT2D eigenvalue weighted by Crippen LogP contribution is 2.19. The van der Waals surface area contributed by atoms with E-state index in [-0.39, 0.29) is 12.2 Å². The molecule has 0 saturated heterocycles. The Hall–Kier alpha value is -1.90. The molecule has 88 valence electrons. The van der Waals surface area contributed by atoms with Gasteiger partial charge in [-0.2, -0.15) is 0 Å². The molecule has 0 spiro atoms. The average Bonchev–Trinajstić information content (AvgIpc) is 2.32. The molecule has 0 N–H and O–H groups in total. The minimum absolute atomic E-state index is 0.0223. The Morgan fingerprint density at radius 2 is 1.82 bits per heavy atom. The van der Waals surface area contributed by atoms with Gasteiger partial charge in [-0.1, -0.05) is 18.2 Å². The van der Waals surface area contributed by atoms with Crippen LogP contribution >= 0.6 is 0 Å². The van der Waals surface area contributed by atoms with Crippen molar-refractivity contribution in [3.63, 3.8) is 0 Å². The number of aryl methyl sites for hydroxylation is 1. The van der Waals surface area contributed by atoms with Crippen LogP contribution in [0.2, 0.25) is 0 Å². The van der Waals surface area contributed by atoms with Gasteiger partial charge in [0.15, 0.2) is 0 Å². The van der Waals surface area contributed by atoms with Crippen molar-refractivity contribution in [2.45, 2.75) is 13.5 Å². The summed E-state index contributed by atoms with van der Waals surface area (Å²) >= 11 is 0. The van der Waals surface area contributed by atoms with E-state index in [0.29, 0.717) is 5.75 Å². The van der Waals surface area contributed by atoms with Gasteiger partial charge >= 0.3 is 0 Å². The SMILES string of the molecule is Cc1ccccc1OCc1cc(F)ccc1F. The van der Waals surface area contributed by atoms with Gasteiger partial charge < -0.3 is 4.74 Å². The normalized spacial score (nSPS) is 10.3. The van der Waals surface area contributed by atoms with Crippen molar-refractivity contribution in [3.8, 4) is 5.75 Å². The molecule has 2 rings (SSSR count). The molecule has 0 aliphatic heterocycles. The third-order valence-electron chi connectivity index (χ3n) is 2.48. The topological polar surface area (TPSA) is 9.23 Å². The second-order valence-corrected chi connectivity index (χ2v) is 3.79. The van der Waals surface area contributed by atoms with Crippen molar-refractivity contribution in [2.24, 2.45) is 0 Å². The summed E-state index contributed by atoms with van der Waals surface area (Å²) in [5, 5.41) is 0. The first-order valence-corrected chi connectivity index (χ1v) is 5.29. The molecule has 0 aliphatic rings. The standard InChI is InChI=1S/C14H12F2O/c1-10-4-2-3-5-14(10)17-9-11-8-12(15)6-7-13(11)16/h2-8H,9H2,1H3. The molecular weight excluding hydrogens is 222 g/mol. The Bertz CT molecular complexity index is 523. The van der Waals surface area contributed by atoms with Crippen molar-refractivity contribution in [1.82, 2.24) is 0 Å². The van der Waals surface area contributed by atoms with Gasteiger partial charge in [0.05, 0.1) is 0 Å². The molecular formula is C14H12F2O. The van der Waals surface area contributed by atoms with Crippen molar-refractivity contribution < 1.29 is 13.5 Å². The lowest BCUT2D eigenvalue weighted by molar-refractivity contribution is 0.297. The van der Waals surface area contributed by atoms with E-state index >= 15 is 0 Å². The monoisotopic (exact) mass is 234 g/mol. The predicted molar refractivity (Wildman–Crippen MR) is 61.9 cm³/mol. The molecule has 0 heterocycles. The zero-order valence-corrected chi connectivity index (χ0v) is 9.41. The Morgan fingerprint density at radius 3 is 2.59 bits per heavy atom.